The standard InChI is InChI=1S/C25H30N4O4S/c30-25(20-7-1-2-8-21(20)32-18-19-6-4-16-31-19)29-14-12-28(13-15-29)11-3-10-23-26-24(27-33-23)22-9-5-17-34-22/h1-2,5,7-9,17,19H,3-4,6,10-16,18H2. The van der Waals surface area contributed by atoms with Gasteiger partial charge in [0, 0.05) is 39.2 Å². The second-order valence-corrected chi connectivity index (χ2v) is 9.62. The van der Waals surface area contributed by atoms with Crippen LogP contribution in [0.4, 0.5) is 0 Å². The average Bonchev–Trinajstić information content (AvgIpc) is 3.66. The average molecular weight is 483 g/mol. The van der Waals surface area contributed by atoms with E-state index in [-0.39, 0.29) is 12.0 Å². The van der Waals surface area contributed by atoms with Crippen LogP contribution >= 0.6 is 11.3 Å². The summed E-state index contributed by atoms with van der Waals surface area (Å²) < 4.78 is 17.0. The first kappa shape index (κ1) is 23.0. The zero-order chi connectivity index (χ0) is 23.2. The number of para-hydroxylation sites is 1. The molecule has 0 N–H and O–H groups in total. The maximum absolute atomic E-state index is 13.2. The Balaban J connectivity index is 1.07. The molecule has 9 heteroatoms. The van der Waals surface area contributed by atoms with Crippen molar-refractivity contribution in [2.45, 2.75) is 31.8 Å². The Hall–Kier alpha value is -2.75. The molecule has 4 heterocycles. The van der Waals surface area contributed by atoms with Crippen molar-refractivity contribution in [1.29, 1.82) is 0 Å². The van der Waals surface area contributed by atoms with Crippen molar-refractivity contribution in [3.8, 4) is 16.5 Å². The zero-order valence-corrected chi connectivity index (χ0v) is 20.0. The lowest BCUT2D eigenvalue weighted by molar-refractivity contribution is 0.0598. The predicted octanol–water partition coefficient (Wildman–Crippen LogP) is 3.75. The number of piperazine rings is 1. The normalized spacial score (nSPS) is 18.9. The molecule has 180 valence electrons. The van der Waals surface area contributed by atoms with Crippen LogP contribution < -0.4 is 4.74 Å². The van der Waals surface area contributed by atoms with Crippen LogP contribution in [0.2, 0.25) is 0 Å². The first-order valence-electron chi connectivity index (χ1n) is 12.0. The highest BCUT2D eigenvalue weighted by atomic mass is 32.1. The highest BCUT2D eigenvalue weighted by molar-refractivity contribution is 7.13. The summed E-state index contributed by atoms with van der Waals surface area (Å²) in [6.07, 6.45) is 3.91. The minimum absolute atomic E-state index is 0.0366. The molecule has 0 spiro atoms. The zero-order valence-electron chi connectivity index (χ0n) is 19.2. The molecule has 1 amide bonds. The Labute approximate surface area is 203 Å². The van der Waals surface area contributed by atoms with Crippen molar-refractivity contribution >= 4 is 17.2 Å². The van der Waals surface area contributed by atoms with Crippen LogP contribution in [0.5, 0.6) is 5.75 Å². The highest BCUT2D eigenvalue weighted by Crippen LogP contribution is 2.23. The molecule has 0 bridgehead atoms. The maximum Gasteiger partial charge on any atom is 0.257 e. The van der Waals surface area contributed by atoms with E-state index in [1.54, 1.807) is 11.3 Å². The van der Waals surface area contributed by atoms with Gasteiger partial charge in [-0.25, -0.2) is 0 Å². The number of aromatic nitrogens is 2. The Morgan fingerprint density at radius 2 is 2.03 bits per heavy atom. The van der Waals surface area contributed by atoms with Gasteiger partial charge >= 0.3 is 0 Å². The van der Waals surface area contributed by atoms with Gasteiger partial charge in [-0.15, -0.1) is 11.3 Å². The minimum Gasteiger partial charge on any atom is -0.490 e. The lowest BCUT2D eigenvalue weighted by atomic mass is 10.1. The van der Waals surface area contributed by atoms with E-state index in [2.05, 4.69) is 15.0 Å². The Kier molecular flexibility index (Phi) is 7.52. The van der Waals surface area contributed by atoms with Crippen molar-refractivity contribution in [3.63, 3.8) is 0 Å². The molecule has 0 radical (unpaired) electrons. The second kappa shape index (κ2) is 11.1. The second-order valence-electron chi connectivity index (χ2n) is 8.67. The highest BCUT2D eigenvalue weighted by Gasteiger charge is 2.25. The number of rotatable bonds is 9. The molecule has 5 rings (SSSR count). The van der Waals surface area contributed by atoms with Crippen LogP contribution in [-0.2, 0) is 11.2 Å². The summed E-state index contributed by atoms with van der Waals surface area (Å²) in [6, 6.07) is 11.5. The molecular formula is C25H30N4O4S. The van der Waals surface area contributed by atoms with Gasteiger partial charge in [-0.1, -0.05) is 23.4 Å². The summed E-state index contributed by atoms with van der Waals surface area (Å²) in [6.45, 7) is 5.37. The van der Waals surface area contributed by atoms with E-state index in [9.17, 15) is 4.79 Å². The molecule has 1 atom stereocenters. The maximum atomic E-state index is 13.2. The van der Waals surface area contributed by atoms with E-state index >= 15 is 0 Å². The molecule has 0 aliphatic carbocycles. The Bertz CT molecular complexity index is 1060. The molecule has 1 unspecified atom stereocenters. The van der Waals surface area contributed by atoms with Gasteiger partial charge in [0.15, 0.2) is 0 Å². The van der Waals surface area contributed by atoms with Crippen molar-refractivity contribution < 1.29 is 18.8 Å². The van der Waals surface area contributed by atoms with Gasteiger partial charge in [0.25, 0.3) is 5.91 Å². The van der Waals surface area contributed by atoms with Crippen LogP contribution in [-0.4, -0.2) is 77.9 Å². The summed E-state index contributed by atoms with van der Waals surface area (Å²) in [7, 11) is 0. The topological polar surface area (TPSA) is 80.9 Å². The smallest absolute Gasteiger partial charge is 0.257 e. The van der Waals surface area contributed by atoms with Crippen molar-refractivity contribution in [3.05, 3.63) is 53.2 Å². The van der Waals surface area contributed by atoms with Gasteiger partial charge in [-0.3, -0.25) is 9.69 Å². The lowest BCUT2D eigenvalue weighted by Gasteiger charge is -2.35. The molecular weight excluding hydrogens is 452 g/mol. The van der Waals surface area contributed by atoms with E-state index in [1.165, 1.54) is 0 Å². The third kappa shape index (κ3) is 5.65. The molecule has 34 heavy (non-hydrogen) atoms. The van der Waals surface area contributed by atoms with Crippen LogP contribution in [0.3, 0.4) is 0 Å². The largest absolute Gasteiger partial charge is 0.490 e. The molecule has 2 aliphatic heterocycles. The number of hydrogen-bond donors (Lipinski definition) is 0. The molecule has 0 saturated carbocycles. The Morgan fingerprint density at radius 3 is 2.82 bits per heavy atom. The monoisotopic (exact) mass is 482 g/mol. The number of amides is 1. The first-order valence-corrected chi connectivity index (χ1v) is 12.9. The van der Waals surface area contributed by atoms with Gasteiger partial charge in [0.1, 0.15) is 12.4 Å². The number of ether oxygens (including phenoxy) is 2. The predicted molar refractivity (Wildman–Crippen MR) is 129 cm³/mol. The third-order valence-corrected chi connectivity index (χ3v) is 7.17. The van der Waals surface area contributed by atoms with Gasteiger partial charge in [-0.2, -0.15) is 4.98 Å². The van der Waals surface area contributed by atoms with E-state index in [0.29, 0.717) is 42.7 Å². The van der Waals surface area contributed by atoms with Crippen LogP contribution in [0.25, 0.3) is 10.7 Å². The number of carbonyl (C=O) groups is 1. The Morgan fingerprint density at radius 1 is 1.15 bits per heavy atom. The number of carbonyl (C=O) groups excluding carboxylic acids is 1. The van der Waals surface area contributed by atoms with Crippen molar-refractivity contribution in [2.24, 2.45) is 0 Å². The van der Waals surface area contributed by atoms with Crippen LogP contribution in [0.1, 0.15) is 35.5 Å². The summed E-state index contributed by atoms with van der Waals surface area (Å²) in [4.78, 5) is 23.0. The molecule has 1 aromatic carbocycles. The van der Waals surface area contributed by atoms with E-state index < -0.39 is 0 Å². The number of thiophene rings is 1. The molecule has 2 fully saturated rings. The first-order chi connectivity index (χ1) is 16.8. The van der Waals surface area contributed by atoms with E-state index in [1.807, 2.05) is 46.7 Å². The number of nitrogens with zero attached hydrogens (tertiary/aromatic N) is 4. The molecule has 2 aromatic heterocycles. The minimum atomic E-state index is 0.0366. The van der Waals surface area contributed by atoms with Gasteiger partial charge < -0.3 is 18.9 Å². The third-order valence-electron chi connectivity index (χ3n) is 6.30. The quantitative estimate of drug-likeness (QED) is 0.459. The van der Waals surface area contributed by atoms with E-state index in [0.717, 1.165) is 56.8 Å². The molecule has 2 aliphatic rings. The van der Waals surface area contributed by atoms with Crippen LogP contribution in [0, 0.1) is 0 Å². The van der Waals surface area contributed by atoms with Crippen LogP contribution in [0.15, 0.2) is 46.3 Å². The number of hydrogen-bond acceptors (Lipinski definition) is 8. The molecule has 2 saturated heterocycles. The number of aryl methyl sites for hydroxylation is 1. The van der Waals surface area contributed by atoms with Crippen molar-refractivity contribution in [1.82, 2.24) is 19.9 Å². The summed E-state index contributed by atoms with van der Waals surface area (Å²) in [5.74, 6) is 2.02. The lowest BCUT2D eigenvalue weighted by Crippen LogP contribution is -2.49. The van der Waals surface area contributed by atoms with Gasteiger partial charge in [0.05, 0.1) is 16.5 Å². The fraction of sp³-hybridized carbons (Fsp3) is 0.480. The van der Waals surface area contributed by atoms with E-state index in [4.69, 9.17) is 14.0 Å². The SMILES string of the molecule is O=C(c1ccccc1OCC1CCCO1)N1CCN(CCCc2nc(-c3cccs3)no2)CC1. The van der Waals surface area contributed by atoms with Gasteiger partial charge in [-0.05, 0) is 49.4 Å². The fourth-order valence-electron chi connectivity index (χ4n) is 4.39. The molecule has 3 aromatic rings. The van der Waals surface area contributed by atoms with Crippen molar-refractivity contribution in [2.75, 3.05) is 45.9 Å². The number of benzene rings is 1. The van der Waals surface area contributed by atoms with Gasteiger partial charge in [0.2, 0.25) is 11.7 Å². The fourth-order valence-corrected chi connectivity index (χ4v) is 5.04. The summed E-state index contributed by atoms with van der Waals surface area (Å²) >= 11 is 1.61. The summed E-state index contributed by atoms with van der Waals surface area (Å²) in [5, 5.41) is 6.08. The summed E-state index contributed by atoms with van der Waals surface area (Å²) in [5.41, 5.74) is 0.631. The molecule has 8 nitrogen and oxygen atoms in total.